The van der Waals surface area contributed by atoms with Gasteiger partial charge in [0.2, 0.25) is 0 Å². The first-order valence-corrected chi connectivity index (χ1v) is 7.77. The quantitative estimate of drug-likeness (QED) is 0.444. The second-order valence-corrected chi connectivity index (χ2v) is 5.28. The second kappa shape index (κ2) is 8.76. The molecule has 0 saturated carbocycles. The predicted octanol–water partition coefficient (Wildman–Crippen LogP) is 4.39. The van der Waals surface area contributed by atoms with Gasteiger partial charge in [-0.05, 0) is 36.8 Å². The van der Waals surface area contributed by atoms with E-state index in [1.807, 2.05) is 24.3 Å². The monoisotopic (exact) mass is 341 g/mol. The molecule has 0 N–H and O–H groups in total. The van der Waals surface area contributed by atoms with Gasteiger partial charge in [0.25, 0.3) is 0 Å². The van der Waals surface area contributed by atoms with Crippen molar-refractivity contribution in [3.63, 3.8) is 0 Å². The Bertz CT molecular complexity index is 776. The lowest BCUT2D eigenvalue weighted by Gasteiger charge is -2.10. The van der Waals surface area contributed by atoms with Crippen molar-refractivity contribution in [3.8, 4) is 11.8 Å². The summed E-state index contributed by atoms with van der Waals surface area (Å²) in [5, 5.41) is 9.80. The third-order valence-corrected chi connectivity index (χ3v) is 3.39. The smallest absolute Gasteiger partial charge is 0.348 e. The van der Waals surface area contributed by atoms with E-state index in [0.29, 0.717) is 22.9 Å². The van der Waals surface area contributed by atoms with Crippen LogP contribution in [-0.2, 0) is 16.1 Å². The zero-order chi connectivity index (χ0) is 17.4. The molecule has 0 aliphatic rings. The van der Waals surface area contributed by atoms with Gasteiger partial charge in [0.15, 0.2) is 0 Å². The molecule has 0 heterocycles. The largest absolute Gasteiger partial charge is 0.488 e. The molecule has 2 aromatic carbocycles. The lowest BCUT2D eigenvalue weighted by atomic mass is 10.1. The minimum absolute atomic E-state index is 0.0700. The number of rotatable bonds is 6. The highest BCUT2D eigenvalue weighted by Gasteiger charge is 2.11. The standard InChI is InChI=1S/C19H16ClNO3/c1-2-23-19(22)16(12-21)11-15-5-3-4-6-18(15)24-13-14-7-9-17(20)10-8-14/h3-11H,2,13H2,1H3/b16-11+. The van der Waals surface area contributed by atoms with Crippen LogP contribution >= 0.6 is 11.6 Å². The maximum atomic E-state index is 11.7. The first kappa shape index (κ1) is 17.6. The van der Waals surface area contributed by atoms with Gasteiger partial charge < -0.3 is 9.47 Å². The van der Waals surface area contributed by atoms with Crippen molar-refractivity contribution >= 4 is 23.6 Å². The molecule has 0 aliphatic heterocycles. The summed E-state index contributed by atoms with van der Waals surface area (Å²) in [6.45, 7) is 2.26. The summed E-state index contributed by atoms with van der Waals surface area (Å²) in [5.74, 6) is -0.0722. The van der Waals surface area contributed by atoms with E-state index < -0.39 is 5.97 Å². The molecule has 24 heavy (non-hydrogen) atoms. The molecule has 0 aliphatic carbocycles. The molecule has 0 unspecified atom stereocenters. The minimum Gasteiger partial charge on any atom is -0.488 e. The molecule has 0 spiro atoms. The first-order chi connectivity index (χ1) is 11.6. The highest BCUT2D eigenvalue weighted by molar-refractivity contribution is 6.30. The van der Waals surface area contributed by atoms with Gasteiger partial charge in [-0.1, -0.05) is 41.9 Å². The van der Waals surface area contributed by atoms with Crippen LogP contribution in [0.5, 0.6) is 5.75 Å². The molecule has 0 bridgehead atoms. The number of nitrogens with zero attached hydrogens (tertiary/aromatic N) is 1. The van der Waals surface area contributed by atoms with Crippen molar-refractivity contribution in [1.29, 1.82) is 5.26 Å². The lowest BCUT2D eigenvalue weighted by molar-refractivity contribution is -0.137. The SMILES string of the molecule is CCOC(=O)/C(C#N)=C/c1ccccc1OCc1ccc(Cl)cc1. The van der Waals surface area contributed by atoms with Crippen LogP contribution in [0.1, 0.15) is 18.1 Å². The number of hydrogen-bond acceptors (Lipinski definition) is 4. The van der Waals surface area contributed by atoms with E-state index in [2.05, 4.69) is 0 Å². The van der Waals surface area contributed by atoms with Crippen LogP contribution in [0.3, 0.4) is 0 Å². The van der Waals surface area contributed by atoms with E-state index >= 15 is 0 Å². The highest BCUT2D eigenvalue weighted by atomic mass is 35.5. The van der Waals surface area contributed by atoms with Crippen LogP contribution in [0.15, 0.2) is 54.1 Å². The molecule has 0 atom stereocenters. The molecule has 122 valence electrons. The number of esters is 1. The summed E-state index contributed by atoms with van der Waals surface area (Å²) in [6.07, 6.45) is 1.47. The number of ether oxygens (including phenoxy) is 2. The molecule has 0 fully saturated rings. The lowest BCUT2D eigenvalue weighted by Crippen LogP contribution is -2.06. The van der Waals surface area contributed by atoms with Gasteiger partial charge in [0.1, 0.15) is 24.0 Å². The summed E-state index contributed by atoms with van der Waals surface area (Å²) in [6, 6.07) is 16.4. The Morgan fingerprint density at radius 1 is 1.21 bits per heavy atom. The maximum absolute atomic E-state index is 11.7. The molecule has 0 saturated heterocycles. The maximum Gasteiger partial charge on any atom is 0.348 e. The first-order valence-electron chi connectivity index (χ1n) is 7.39. The van der Waals surface area contributed by atoms with Gasteiger partial charge in [0.05, 0.1) is 6.61 Å². The van der Waals surface area contributed by atoms with Crippen LogP contribution < -0.4 is 4.74 Å². The Morgan fingerprint density at radius 2 is 1.92 bits per heavy atom. The number of hydrogen-bond donors (Lipinski definition) is 0. The van der Waals surface area contributed by atoms with Crippen molar-refractivity contribution in [2.75, 3.05) is 6.61 Å². The zero-order valence-corrected chi connectivity index (χ0v) is 13.9. The van der Waals surface area contributed by atoms with Gasteiger partial charge >= 0.3 is 5.97 Å². The van der Waals surface area contributed by atoms with Gasteiger partial charge in [0, 0.05) is 10.6 Å². The molecule has 4 nitrogen and oxygen atoms in total. The number of benzene rings is 2. The van der Waals surface area contributed by atoms with Crippen LogP contribution in [0.4, 0.5) is 0 Å². The van der Waals surface area contributed by atoms with E-state index in [9.17, 15) is 4.79 Å². The second-order valence-electron chi connectivity index (χ2n) is 4.84. The van der Waals surface area contributed by atoms with Gasteiger partial charge in [-0.3, -0.25) is 0 Å². The molecular formula is C19H16ClNO3. The highest BCUT2D eigenvalue weighted by Crippen LogP contribution is 2.23. The molecule has 2 aromatic rings. The summed E-state index contributed by atoms with van der Waals surface area (Å²) < 4.78 is 10.7. The Morgan fingerprint density at radius 3 is 2.58 bits per heavy atom. The average molecular weight is 342 g/mol. The predicted molar refractivity (Wildman–Crippen MR) is 92.4 cm³/mol. The summed E-state index contributed by atoms with van der Waals surface area (Å²) in [4.78, 5) is 11.7. The number of carbonyl (C=O) groups excluding carboxylic acids is 1. The van der Waals surface area contributed by atoms with E-state index in [1.54, 1.807) is 37.3 Å². The molecular weight excluding hydrogens is 326 g/mol. The van der Waals surface area contributed by atoms with Gasteiger partial charge in [-0.25, -0.2) is 4.79 Å². The van der Waals surface area contributed by atoms with Crippen molar-refractivity contribution in [2.24, 2.45) is 0 Å². The fourth-order valence-electron chi connectivity index (χ4n) is 1.97. The van der Waals surface area contributed by atoms with Crippen LogP contribution in [0.2, 0.25) is 5.02 Å². The summed E-state index contributed by atoms with van der Waals surface area (Å²) in [5.41, 5.74) is 1.53. The number of halogens is 1. The van der Waals surface area contributed by atoms with Crippen molar-refractivity contribution in [2.45, 2.75) is 13.5 Å². The number of para-hydroxylation sites is 1. The normalized spacial score (nSPS) is 10.8. The topological polar surface area (TPSA) is 59.3 Å². The zero-order valence-electron chi connectivity index (χ0n) is 13.2. The van der Waals surface area contributed by atoms with Crippen molar-refractivity contribution in [1.82, 2.24) is 0 Å². The van der Waals surface area contributed by atoms with E-state index in [0.717, 1.165) is 5.56 Å². The van der Waals surface area contributed by atoms with Crippen LogP contribution in [-0.4, -0.2) is 12.6 Å². The van der Waals surface area contributed by atoms with Gasteiger partial charge in [-0.15, -0.1) is 0 Å². The van der Waals surface area contributed by atoms with E-state index in [4.69, 9.17) is 26.3 Å². The fourth-order valence-corrected chi connectivity index (χ4v) is 2.10. The van der Waals surface area contributed by atoms with E-state index in [-0.39, 0.29) is 12.2 Å². The molecule has 0 aromatic heterocycles. The minimum atomic E-state index is -0.646. The third kappa shape index (κ3) is 4.87. The number of carbonyl (C=O) groups is 1. The Labute approximate surface area is 145 Å². The summed E-state index contributed by atoms with van der Waals surface area (Å²) in [7, 11) is 0. The Kier molecular flexibility index (Phi) is 6.41. The molecule has 0 amide bonds. The van der Waals surface area contributed by atoms with E-state index in [1.165, 1.54) is 6.08 Å². The van der Waals surface area contributed by atoms with Gasteiger partial charge in [-0.2, -0.15) is 5.26 Å². The average Bonchev–Trinajstić information content (AvgIpc) is 2.60. The molecule has 2 rings (SSSR count). The summed E-state index contributed by atoms with van der Waals surface area (Å²) >= 11 is 5.86. The molecule has 0 radical (unpaired) electrons. The fraction of sp³-hybridized carbons (Fsp3) is 0.158. The van der Waals surface area contributed by atoms with Crippen molar-refractivity contribution < 1.29 is 14.3 Å². The van der Waals surface area contributed by atoms with Crippen molar-refractivity contribution in [3.05, 3.63) is 70.3 Å². The number of nitriles is 1. The Balaban J connectivity index is 2.19. The Hall–Kier alpha value is -2.77. The van der Waals surface area contributed by atoms with Crippen LogP contribution in [0, 0.1) is 11.3 Å². The van der Waals surface area contributed by atoms with Crippen LogP contribution in [0.25, 0.3) is 6.08 Å². The third-order valence-electron chi connectivity index (χ3n) is 3.14. The molecule has 5 heteroatoms.